The van der Waals surface area contributed by atoms with Crippen molar-refractivity contribution in [2.24, 2.45) is 29.4 Å². The first-order valence-corrected chi connectivity index (χ1v) is 9.47. The zero-order valence-corrected chi connectivity index (χ0v) is 14.7. The van der Waals surface area contributed by atoms with E-state index in [1.54, 1.807) is 18.2 Å². The van der Waals surface area contributed by atoms with Gasteiger partial charge in [0.2, 0.25) is 0 Å². The quantitative estimate of drug-likeness (QED) is 0.831. The summed E-state index contributed by atoms with van der Waals surface area (Å²) >= 11 is 6.09. The average molecular weight is 349 g/mol. The number of nitrogens with two attached hydrogens (primary N) is 1. The highest BCUT2D eigenvalue weighted by atomic mass is 35.5. The van der Waals surface area contributed by atoms with Crippen LogP contribution in [0.5, 0.6) is 5.75 Å². The summed E-state index contributed by atoms with van der Waals surface area (Å²) in [5, 5.41) is 0.589. The van der Waals surface area contributed by atoms with Crippen LogP contribution in [-0.4, -0.2) is 37.0 Å². The van der Waals surface area contributed by atoms with Crippen LogP contribution in [-0.2, 0) is 0 Å². The summed E-state index contributed by atoms with van der Waals surface area (Å²) in [6.07, 6.45) is 4.88. The Morgan fingerprint density at radius 3 is 2.62 bits per heavy atom. The minimum absolute atomic E-state index is 0.0863. The Hall–Kier alpha value is -1.26. The lowest BCUT2D eigenvalue weighted by molar-refractivity contribution is 0.0772. The van der Waals surface area contributed by atoms with Gasteiger partial charge in [0.25, 0.3) is 5.91 Å². The lowest BCUT2D eigenvalue weighted by atomic mass is 9.82. The maximum atomic E-state index is 13.1. The molecule has 0 radical (unpaired) electrons. The van der Waals surface area contributed by atoms with E-state index in [2.05, 4.69) is 0 Å². The first-order chi connectivity index (χ1) is 11.7. The molecule has 2 aliphatic carbocycles. The Kier molecular flexibility index (Phi) is 4.44. The van der Waals surface area contributed by atoms with Crippen molar-refractivity contribution in [2.45, 2.75) is 25.7 Å². The Balaban J connectivity index is 1.50. The van der Waals surface area contributed by atoms with E-state index in [0.29, 0.717) is 29.5 Å². The smallest absolute Gasteiger partial charge is 0.257 e. The molecule has 2 N–H and O–H groups in total. The molecule has 0 aromatic heterocycles. The highest BCUT2D eigenvalue weighted by Crippen LogP contribution is 2.55. The monoisotopic (exact) mass is 348 g/mol. The molecule has 0 spiro atoms. The van der Waals surface area contributed by atoms with Gasteiger partial charge in [0, 0.05) is 18.1 Å². The minimum atomic E-state index is 0.0863. The van der Waals surface area contributed by atoms with Crippen molar-refractivity contribution in [3.8, 4) is 5.75 Å². The second-order valence-corrected chi connectivity index (χ2v) is 7.94. The van der Waals surface area contributed by atoms with Gasteiger partial charge in [-0.1, -0.05) is 11.6 Å². The van der Waals surface area contributed by atoms with Gasteiger partial charge in [0.1, 0.15) is 5.75 Å². The van der Waals surface area contributed by atoms with Gasteiger partial charge in [0.15, 0.2) is 0 Å². The maximum Gasteiger partial charge on any atom is 0.257 e. The Labute approximate surface area is 148 Å². The van der Waals surface area contributed by atoms with E-state index in [9.17, 15) is 4.79 Å². The molecule has 4 nitrogen and oxygen atoms in total. The number of halogens is 1. The van der Waals surface area contributed by atoms with Gasteiger partial charge in [-0.3, -0.25) is 4.79 Å². The molecule has 1 aromatic rings. The number of fused-ring (bicyclic) bond motifs is 5. The van der Waals surface area contributed by atoms with E-state index in [0.717, 1.165) is 43.2 Å². The van der Waals surface area contributed by atoms with E-state index in [1.165, 1.54) is 19.3 Å². The molecule has 1 heterocycles. The standard InChI is InChI=1S/C19H25ClN2O2/c20-14-4-5-15(18(9-14)24-7-1-6-21)19(23)22-10-16-12-2-3-13(8-12)17(16)11-22/h4-5,9,12-13,16-17H,1-3,6-8,10-11,21H2/t12-,13+,16-,17+. The summed E-state index contributed by atoms with van der Waals surface area (Å²) in [7, 11) is 0. The number of hydrogen-bond donors (Lipinski definition) is 1. The largest absolute Gasteiger partial charge is 0.493 e. The third-order valence-electron chi connectivity index (χ3n) is 6.20. The summed E-state index contributed by atoms with van der Waals surface area (Å²) in [6, 6.07) is 5.31. The summed E-state index contributed by atoms with van der Waals surface area (Å²) in [4.78, 5) is 15.1. The topological polar surface area (TPSA) is 55.6 Å². The number of nitrogens with zero attached hydrogens (tertiary/aromatic N) is 1. The third kappa shape index (κ3) is 2.80. The van der Waals surface area contributed by atoms with E-state index in [4.69, 9.17) is 22.1 Å². The molecule has 130 valence electrons. The van der Waals surface area contributed by atoms with Gasteiger partial charge in [-0.2, -0.15) is 0 Å². The first-order valence-electron chi connectivity index (χ1n) is 9.09. The zero-order valence-electron chi connectivity index (χ0n) is 13.9. The van der Waals surface area contributed by atoms with Gasteiger partial charge in [0.05, 0.1) is 12.2 Å². The SMILES string of the molecule is NCCCOc1cc(Cl)ccc1C(=O)N1C[C@@H]2[C@@H]3CC[C@@H](C3)[C@@H]2C1. The molecule has 1 amide bonds. The molecule has 3 aliphatic rings. The molecule has 1 saturated heterocycles. The van der Waals surface area contributed by atoms with Crippen molar-refractivity contribution in [1.29, 1.82) is 0 Å². The van der Waals surface area contributed by atoms with Crippen molar-refractivity contribution in [3.63, 3.8) is 0 Å². The van der Waals surface area contributed by atoms with Crippen LogP contribution < -0.4 is 10.5 Å². The van der Waals surface area contributed by atoms with Gasteiger partial charge in [-0.15, -0.1) is 0 Å². The summed E-state index contributed by atoms with van der Waals surface area (Å²) < 4.78 is 5.78. The van der Waals surface area contributed by atoms with E-state index < -0.39 is 0 Å². The molecule has 1 aliphatic heterocycles. The van der Waals surface area contributed by atoms with Gasteiger partial charge in [-0.25, -0.2) is 0 Å². The van der Waals surface area contributed by atoms with Crippen molar-refractivity contribution in [2.75, 3.05) is 26.2 Å². The molecule has 4 rings (SSSR count). The summed E-state index contributed by atoms with van der Waals surface area (Å²) in [5.41, 5.74) is 6.15. The van der Waals surface area contributed by atoms with Crippen LogP contribution >= 0.6 is 11.6 Å². The van der Waals surface area contributed by atoms with E-state index in [1.807, 2.05) is 4.90 Å². The Morgan fingerprint density at radius 1 is 1.25 bits per heavy atom. The number of hydrogen-bond acceptors (Lipinski definition) is 3. The maximum absolute atomic E-state index is 13.1. The molecular formula is C19H25ClN2O2. The average Bonchev–Trinajstić information content (AvgIpc) is 3.27. The summed E-state index contributed by atoms with van der Waals surface area (Å²) in [6.45, 7) is 2.90. The highest BCUT2D eigenvalue weighted by Gasteiger charge is 2.52. The van der Waals surface area contributed by atoms with Gasteiger partial charge >= 0.3 is 0 Å². The van der Waals surface area contributed by atoms with Crippen molar-refractivity contribution >= 4 is 17.5 Å². The minimum Gasteiger partial charge on any atom is -0.493 e. The van der Waals surface area contributed by atoms with E-state index in [-0.39, 0.29) is 5.91 Å². The zero-order chi connectivity index (χ0) is 16.7. The predicted molar refractivity (Wildman–Crippen MR) is 94.3 cm³/mol. The first kappa shape index (κ1) is 16.2. The number of rotatable bonds is 5. The fourth-order valence-electron chi connectivity index (χ4n) is 5.08. The lowest BCUT2D eigenvalue weighted by Crippen LogP contribution is -2.30. The van der Waals surface area contributed by atoms with Crippen LogP contribution in [0.15, 0.2) is 18.2 Å². The predicted octanol–water partition coefficient (Wildman–Crippen LogP) is 3.19. The highest BCUT2D eigenvalue weighted by molar-refractivity contribution is 6.30. The van der Waals surface area contributed by atoms with Crippen LogP contribution in [0.3, 0.4) is 0 Å². The number of benzene rings is 1. The number of carbonyl (C=O) groups excluding carboxylic acids is 1. The van der Waals surface area contributed by atoms with Crippen LogP contribution in [0.25, 0.3) is 0 Å². The normalized spacial score (nSPS) is 30.7. The second kappa shape index (κ2) is 6.57. The fourth-order valence-corrected chi connectivity index (χ4v) is 5.24. The van der Waals surface area contributed by atoms with Crippen molar-refractivity contribution in [1.82, 2.24) is 4.90 Å². The van der Waals surface area contributed by atoms with Crippen LogP contribution in [0.2, 0.25) is 5.02 Å². The number of amides is 1. The van der Waals surface area contributed by atoms with Crippen LogP contribution in [0, 0.1) is 23.7 Å². The molecule has 3 fully saturated rings. The number of carbonyl (C=O) groups is 1. The fraction of sp³-hybridized carbons (Fsp3) is 0.632. The van der Waals surface area contributed by atoms with E-state index >= 15 is 0 Å². The van der Waals surface area contributed by atoms with Gasteiger partial charge < -0.3 is 15.4 Å². The molecule has 2 bridgehead atoms. The number of likely N-dealkylation sites (tertiary alicyclic amines) is 1. The molecule has 1 aromatic carbocycles. The third-order valence-corrected chi connectivity index (χ3v) is 6.44. The Bertz CT molecular complexity index is 618. The van der Waals surface area contributed by atoms with Crippen LogP contribution in [0.1, 0.15) is 36.0 Å². The summed E-state index contributed by atoms with van der Waals surface area (Å²) in [5.74, 6) is 3.82. The van der Waals surface area contributed by atoms with Crippen molar-refractivity contribution in [3.05, 3.63) is 28.8 Å². The lowest BCUT2D eigenvalue weighted by Gasteiger charge is -2.22. The van der Waals surface area contributed by atoms with Gasteiger partial charge in [-0.05, 0) is 74.1 Å². The Morgan fingerprint density at radius 2 is 1.96 bits per heavy atom. The number of ether oxygens (including phenoxy) is 1. The molecule has 0 unspecified atom stereocenters. The van der Waals surface area contributed by atoms with Crippen molar-refractivity contribution < 1.29 is 9.53 Å². The molecule has 2 saturated carbocycles. The molecule has 5 heteroatoms. The molecule has 24 heavy (non-hydrogen) atoms. The molecule has 4 atom stereocenters. The second-order valence-electron chi connectivity index (χ2n) is 7.50. The molecular weight excluding hydrogens is 324 g/mol. The van der Waals surface area contributed by atoms with Crippen LogP contribution in [0.4, 0.5) is 0 Å².